The van der Waals surface area contributed by atoms with Gasteiger partial charge in [-0.1, -0.05) is 0 Å². The predicted octanol–water partition coefficient (Wildman–Crippen LogP) is 1.23. The van der Waals surface area contributed by atoms with E-state index in [9.17, 15) is 4.79 Å². The van der Waals surface area contributed by atoms with Gasteiger partial charge in [0.2, 0.25) is 0 Å². The van der Waals surface area contributed by atoms with Crippen LogP contribution in [0.1, 0.15) is 6.92 Å². The summed E-state index contributed by atoms with van der Waals surface area (Å²) in [4.78, 5) is 11.3. The van der Waals surface area contributed by atoms with E-state index < -0.39 is 0 Å². The van der Waals surface area contributed by atoms with Crippen LogP contribution in [0.25, 0.3) is 0 Å². The van der Waals surface area contributed by atoms with E-state index in [-0.39, 0.29) is 12.5 Å². The highest BCUT2D eigenvalue weighted by Gasteiger charge is 2.02. The first-order chi connectivity index (χ1) is 8.76. The Labute approximate surface area is 107 Å². The van der Waals surface area contributed by atoms with E-state index in [1.165, 1.54) is 0 Å². The maximum absolute atomic E-state index is 11.3. The van der Waals surface area contributed by atoms with Gasteiger partial charge in [-0.05, 0) is 31.2 Å². The minimum atomic E-state index is -0.166. The number of carbonyl (C=O) groups excluding carboxylic acids is 1. The summed E-state index contributed by atoms with van der Waals surface area (Å²) in [5.74, 6) is 1.26. The molecule has 1 rings (SSSR count). The zero-order valence-electron chi connectivity index (χ0n) is 10.8. The predicted molar refractivity (Wildman–Crippen MR) is 68.0 cm³/mol. The van der Waals surface area contributed by atoms with Gasteiger partial charge in [0, 0.05) is 13.7 Å². The molecule has 5 heteroatoms. The van der Waals surface area contributed by atoms with Crippen molar-refractivity contribution in [3.8, 4) is 11.5 Å². The summed E-state index contributed by atoms with van der Waals surface area (Å²) in [5, 5.41) is 2.67. The third kappa shape index (κ3) is 5.54. The summed E-state index contributed by atoms with van der Waals surface area (Å²) in [6.07, 6.45) is 0. The second-order valence-electron chi connectivity index (χ2n) is 3.54. The smallest absolute Gasteiger partial charge is 0.258 e. The van der Waals surface area contributed by atoms with Crippen LogP contribution in [0.3, 0.4) is 0 Å². The molecule has 0 unspecified atom stereocenters. The SMILES string of the molecule is CCOc1ccc(OCC(=O)NCCOC)cc1. The molecule has 0 fully saturated rings. The van der Waals surface area contributed by atoms with Gasteiger partial charge in [0.1, 0.15) is 11.5 Å². The average Bonchev–Trinajstić information content (AvgIpc) is 2.39. The van der Waals surface area contributed by atoms with Gasteiger partial charge in [-0.15, -0.1) is 0 Å². The van der Waals surface area contributed by atoms with Crippen molar-refractivity contribution in [1.82, 2.24) is 5.32 Å². The van der Waals surface area contributed by atoms with Crippen LogP contribution in [0.2, 0.25) is 0 Å². The van der Waals surface area contributed by atoms with Crippen LogP contribution in [0.15, 0.2) is 24.3 Å². The normalized spacial score (nSPS) is 9.89. The summed E-state index contributed by atoms with van der Waals surface area (Å²) < 4.78 is 15.4. The van der Waals surface area contributed by atoms with Crippen molar-refractivity contribution in [2.24, 2.45) is 0 Å². The standard InChI is InChI=1S/C13H19NO4/c1-3-17-11-4-6-12(7-5-11)18-10-13(15)14-8-9-16-2/h4-7H,3,8-10H2,1-2H3,(H,14,15). The van der Waals surface area contributed by atoms with Gasteiger partial charge in [-0.2, -0.15) is 0 Å². The number of hydrogen-bond acceptors (Lipinski definition) is 4. The Morgan fingerprint density at radius 2 is 1.78 bits per heavy atom. The van der Waals surface area contributed by atoms with Gasteiger partial charge in [-0.3, -0.25) is 4.79 Å². The molecular weight excluding hydrogens is 234 g/mol. The zero-order valence-corrected chi connectivity index (χ0v) is 10.8. The Hall–Kier alpha value is -1.75. The lowest BCUT2D eigenvalue weighted by molar-refractivity contribution is -0.123. The third-order valence-corrected chi connectivity index (χ3v) is 2.13. The lowest BCUT2D eigenvalue weighted by Gasteiger charge is -2.08. The molecule has 0 bridgehead atoms. The maximum Gasteiger partial charge on any atom is 0.258 e. The molecule has 0 atom stereocenters. The third-order valence-electron chi connectivity index (χ3n) is 2.13. The van der Waals surface area contributed by atoms with Crippen molar-refractivity contribution in [1.29, 1.82) is 0 Å². The van der Waals surface area contributed by atoms with Crippen LogP contribution in [0.5, 0.6) is 11.5 Å². The lowest BCUT2D eigenvalue weighted by Crippen LogP contribution is -2.31. The Bertz CT molecular complexity index is 351. The van der Waals surface area contributed by atoms with E-state index in [1.807, 2.05) is 19.1 Å². The molecule has 18 heavy (non-hydrogen) atoms. The van der Waals surface area contributed by atoms with Crippen LogP contribution in [-0.4, -0.2) is 39.4 Å². The average molecular weight is 253 g/mol. The van der Waals surface area contributed by atoms with E-state index in [1.54, 1.807) is 19.2 Å². The monoisotopic (exact) mass is 253 g/mol. The maximum atomic E-state index is 11.3. The fraction of sp³-hybridized carbons (Fsp3) is 0.462. The molecule has 0 saturated carbocycles. The number of nitrogens with one attached hydrogen (secondary N) is 1. The first kappa shape index (κ1) is 14.3. The summed E-state index contributed by atoms with van der Waals surface area (Å²) in [7, 11) is 1.59. The van der Waals surface area contributed by atoms with Crippen molar-refractivity contribution in [2.45, 2.75) is 6.92 Å². The topological polar surface area (TPSA) is 56.8 Å². The van der Waals surface area contributed by atoms with Crippen molar-refractivity contribution in [3.63, 3.8) is 0 Å². The number of benzene rings is 1. The number of rotatable bonds is 8. The second-order valence-corrected chi connectivity index (χ2v) is 3.54. The van der Waals surface area contributed by atoms with E-state index in [0.29, 0.717) is 25.5 Å². The van der Waals surface area contributed by atoms with Crippen LogP contribution in [0.4, 0.5) is 0 Å². The number of amides is 1. The molecule has 0 spiro atoms. The molecule has 0 radical (unpaired) electrons. The van der Waals surface area contributed by atoms with E-state index in [2.05, 4.69) is 5.32 Å². The first-order valence-corrected chi connectivity index (χ1v) is 5.87. The van der Waals surface area contributed by atoms with Gasteiger partial charge in [0.25, 0.3) is 5.91 Å². The second kappa shape index (κ2) is 8.36. The molecule has 0 aliphatic heterocycles. The Morgan fingerprint density at radius 1 is 1.17 bits per heavy atom. The molecule has 1 N–H and O–H groups in total. The molecule has 0 aliphatic carbocycles. The number of ether oxygens (including phenoxy) is 3. The molecule has 5 nitrogen and oxygen atoms in total. The van der Waals surface area contributed by atoms with Crippen LogP contribution >= 0.6 is 0 Å². The zero-order chi connectivity index (χ0) is 13.2. The Kier molecular flexibility index (Phi) is 6.64. The fourth-order valence-electron chi connectivity index (χ4n) is 1.29. The van der Waals surface area contributed by atoms with E-state index in [4.69, 9.17) is 14.2 Å². The quantitative estimate of drug-likeness (QED) is 0.708. The van der Waals surface area contributed by atoms with Crippen molar-refractivity contribution in [3.05, 3.63) is 24.3 Å². The number of hydrogen-bond donors (Lipinski definition) is 1. The summed E-state index contributed by atoms with van der Waals surface area (Å²) >= 11 is 0. The van der Waals surface area contributed by atoms with Crippen LogP contribution in [-0.2, 0) is 9.53 Å². The highest BCUT2D eigenvalue weighted by molar-refractivity contribution is 5.77. The largest absolute Gasteiger partial charge is 0.494 e. The molecule has 0 saturated heterocycles. The minimum absolute atomic E-state index is 0.00229. The molecule has 0 heterocycles. The van der Waals surface area contributed by atoms with Crippen LogP contribution in [0, 0.1) is 0 Å². The Balaban J connectivity index is 2.27. The van der Waals surface area contributed by atoms with E-state index in [0.717, 1.165) is 5.75 Å². The molecule has 0 aromatic heterocycles. The van der Waals surface area contributed by atoms with Crippen molar-refractivity contribution in [2.75, 3.05) is 33.5 Å². The van der Waals surface area contributed by atoms with Crippen LogP contribution < -0.4 is 14.8 Å². The van der Waals surface area contributed by atoms with Gasteiger partial charge in [0.05, 0.1) is 13.2 Å². The molecular formula is C13H19NO4. The summed E-state index contributed by atoms with van der Waals surface area (Å²) in [6, 6.07) is 7.16. The lowest BCUT2D eigenvalue weighted by atomic mass is 10.3. The fourth-order valence-corrected chi connectivity index (χ4v) is 1.29. The van der Waals surface area contributed by atoms with Gasteiger partial charge in [0.15, 0.2) is 6.61 Å². The van der Waals surface area contributed by atoms with Gasteiger partial charge >= 0.3 is 0 Å². The van der Waals surface area contributed by atoms with Gasteiger partial charge < -0.3 is 19.5 Å². The number of carbonyl (C=O) groups is 1. The highest BCUT2D eigenvalue weighted by Crippen LogP contribution is 2.17. The summed E-state index contributed by atoms with van der Waals surface area (Å²) in [5.41, 5.74) is 0. The number of methoxy groups -OCH3 is 1. The van der Waals surface area contributed by atoms with Crippen molar-refractivity contribution < 1.29 is 19.0 Å². The minimum Gasteiger partial charge on any atom is -0.494 e. The molecule has 1 aromatic carbocycles. The van der Waals surface area contributed by atoms with Gasteiger partial charge in [-0.25, -0.2) is 0 Å². The summed E-state index contributed by atoms with van der Waals surface area (Å²) in [6.45, 7) is 3.53. The van der Waals surface area contributed by atoms with Crippen molar-refractivity contribution >= 4 is 5.91 Å². The molecule has 100 valence electrons. The van der Waals surface area contributed by atoms with E-state index >= 15 is 0 Å². The molecule has 1 aromatic rings. The first-order valence-electron chi connectivity index (χ1n) is 5.87. The molecule has 0 aliphatic rings. The Morgan fingerprint density at radius 3 is 2.33 bits per heavy atom. The molecule has 1 amide bonds. The highest BCUT2D eigenvalue weighted by atomic mass is 16.5.